The van der Waals surface area contributed by atoms with Crippen molar-refractivity contribution in [2.24, 2.45) is 0 Å². The van der Waals surface area contributed by atoms with Crippen LogP contribution in [0.15, 0.2) is 79.0 Å². The molecule has 0 radical (unpaired) electrons. The van der Waals surface area contributed by atoms with Gasteiger partial charge in [-0.15, -0.1) is 0 Å². The van der Waals surface area contributed by atoms with Crippen molar-refractivity contribution in [1.82, 2.24) is 4.98 Å². The molecule has 0 amide bonds. The molecule has 0 saturated heterocycles. The maximum absolute atomic E-state index is 13.2. The summed E-state index contributed by atoms with van der Waals surface area (Å²) >= 11 is 0. The fourth-order valence-corrected chi connectivity index (χ4v) is 4.29. The quantitative estimate of drug-likeness (QED) is 0.558. The smallest absolute Gasteiger partial charge is 0.293 e. The molecule has 0 N–H and O–H groups in total. The summed E-state index contributed by atoms with van der Waals surface area (Å²) in [6, 6.07) is 21.0. The molecule has 0 aliphatic heterocycles. The number of aromatic nitrogens is 1. The highest BCUT2D eigenvalue weighted by Gasteiger charge is 2.25. The molecule has 138 valence electrons. The summed E-state index contributed by atoms with van der Waals surface area (Å²) in [6.07, 6.45) is 1.49. The minimum absolute atomic E-state index is 0.0291. The van der Waals surface area contributed by atoms with Gasteiger partial charge in [-0.1, -0.05) is 48.5 Å². The summed E-state index contributed by atoms with van der Waals surface area (Å²) in [6.45, 7) is 0.300. The summed E-state index contributed by atoms with van der Waals surface area (Å²) in [7, 11) is -3.72. The highest BCUT2D eigenvalue weighted by atomic mass is 32.2. The first kappa shape index (κ1) is 18.6. The fourth-order valence-electron chi connectivity index (χ4n) is 2.67. The first-order valence-electron chi connectivity index (χ1n) is 8.22. The zero-order valence-electron chi connectivity index (χ0n) is 14.4. The van der Waals surface area contributed by atoms with Crippen LogP contribution in [0, 0.1) is 0 Å². The van der Waals surface area contributed by atoms with Crippen LogP contribution < -0.4 is 4.31 Å². The second kappa shape index (κ2) is 8.46. The molecule has 7 heteroatoms. The lowest BCUT2D eigenvalue weighted by Crippen LogP contribution is -2.27. The Balaban J connectivity index is 2.03. The summed E-state index contributed by atoms with van der Waals surface area (Å²) in [5.41, 5.74) is 2.09. The Morgan fingerprint density at radius 1 is 0.926 bits per heavy atom. The minimum Gasteiger partial charge on any atom is -0.461 e. The second-order valence-electron chi connectivity index (χ2n) is 5.75. The first-order valence-corrected chi connectivity index (χ1v) is 9.83. The van der Waals surface area contributed by atoms with Gasteiger partial charge in [0.1, 0.15) is 6.61 Å². The van der Waals surface area contributed by atoms with Gasteiger partial charge in [-0.25, -0.2) is 12.7 Å². The van der Waals surface area contributed by atoms with Gasteiger partial charge < -0.3 is 4.74 Å². The molecule has 1 heterocycles. The number of hydrogen-bond acceptors (Lipinski definition) is 5. The molecule has 0 atom stereocenters. The largest absolute Gasteiger partial charge is 0.461 e. The zero-order valence-corrected chi connectivity index (χ0v) is 15.2. The van der Waals surface area contributed by atoms with Gasteiger partial charge in [0.15, 0.2) is 0 Å². The summed E-state index contributed by atoms with van der Waals surface area (Å²) in [4.78, 5) is 14.5. The Bertz CT molecular complexity index is 993. The molecule has 2 aromatic carbocycles. The van der Waals surface area contributed by atoms with E-state index in [-0.39, 0.29) is 12.4 Å². The van der Waals surface area contributed by atoms with E-state index in [1.807, 2.05) is 12.1 Å². The van der Waals surface area contributed by atoms with Crippen LogP contribution in [0.4, 0.5) is 11.4 Å². The van der Waals surface area contributed by atoms with Crippen LogP contribution >= 0.6 is 0 Å². The molecule has 0 aliphatic carbocycles. The molecule has 0 fully saturated rings. The van der Waals surface area contributed by atoms with E-state index in [0.717, 1.165) is 0 Å². The Morgan fingerprint density at radius 3 is 2.26 bits per heavy atom. The van der Waals surface area contributed by atoms with Crippen molar-refractivity contribution in [2.45, 2.75) is 12.4 Å². The van der Waals surface area contributed by atoms with Crippen LogP contribution in [0.2, 0.25) is 0 Å². The summed E-state index contributed by atoms with van der Waals surface area (Å²) in [5, 5.41) is 0. The number of ether oxygens (including phenoxy) is 1. The maximum Gasteiger partial charge on any atom is 0.293 e. The monoisotopic (exact) mass is 382 g/mol. The van der Waals surface area contributed by atoms with E-state index in [9.17, 15) is 13.2 Å². The molecule has 1 aromatic heterocycles. The predicted molar refractivity (Wildman–Crippen MR) is 103 cm³/mol. The molecule has 0 aliphatic rings. The molecule has 0 bridgehead atoms. The van der Waals surface area contributed by atoms with E-state index in [0.29, 0.717) is 29.1 Å². The van der Waals surface area contributed by atoms with E-state index in [1.54, 1.807) is 60.7 Å². The van der Waals surface area contributed by atoms with Crippen molar-refractivity contribution in [3.8, 4) is 0 Å². The van der Waals surface area contributed by atoms with Gasteiger partial charge in [0.2, 0.25) is 10.0 Å². The van der Waals surface area contributed by atoms with Crippen LogP contribution in [0.1, 0.15) is 11.3 Å². The average Bonchev–Trinajstić information content (AvgIpc) is 2.68. The van der Waals surface area contributed by atoms with Gasteiger partial charge in [0, 0.05) is 6.20 Å². The van der Waals surface area contributed by atoms with Crippen molar-refractivity contribution in [1.29, 1.82) is 0 Å². The van der Waals surface area contributed by atoms with Gasteiger partial charge in [0.25, 0.3) is 6.47 Å². The molecule has 27 heavy (non-hydrogen) atoms. The minimum atomic E-state index is -3.72. The zero-order chi connectivity index (χ0) is 19.1. The van der Waals surface area contributed by atoms with E-state index in [1.165, 1.54) is 10.5 Å². The number of benzene rings is 2. The Morgan fingerprint density at radius 2 is 1.59 bits per heavy atom. The van der Waals surface area contributed by atoms with Crippen molar-refractivity contribution >= 4 is 27.9 Å². The van der Waals surface area contributed by atoms with Gasteiger partial charge in [-0.05, 0) is 29.8 Å². The van der Waals surface area contributed by atoms with Crippen LogP contribution in [-0.4, -0.2) is 19.9 Å². The van der Waals surface area contributed by atoms with Crippen LogP contribution in [0.3, 0.4) is 0 Å². The number of para-hydroxylation sites is 1. The van der Waals surface area contributed by atoms with Crippen molar-refractivity contribution < 1.29 is 17.9 Å². The van der Waals surface area contributed by atoms with E-state index in [2.05, 4.69) is 4.98 Å². The SMILES string of the molecule is O=COCc1cc(N(c2ccccc2)S(=O)(=O)Cc2ccccc2)ccn1. The van der Waals surface area contributed by atoms with Crippen LogP contribution in [0.5, 0.6) is 0 Å². The van der Waals surface area contributed by atoms with Gasteiger partial charge >= 0.3 is 0 Å². The molecule has 0 saturated carbocycles. The lowest BCUT2D eigenvalue weighted by molar-refractivity contribution is -0.129. The number of rotatable bonds is 8. The molecule has 3 rings (SSSR count). The lowest BCUT2D eigenvalue weighted by atomic mass is 10.2. The topological polar surface area (TPSA) is 76.6 Å². The third-order valence-electron chi connectivity index (χ3n) is 3.79. The average molecular weight is 382 g/mol. The maximum atomic E-state index is 13.2. The number of sulfonamides is 1. The molecule has 0 spiro atoms. The predicted octanol–water partition coefficient (Wildman–Crippen LogP) is 3.42. The van der Waals surface area contributed by atoms with Gasteiger partial charge in [-0.2, -0.15) is 0 Å². The van der Waals surface area contributed by atoms with Crippen LogP contribution in [0.25, 0.3) is 0 Å². The van der Waals surface area contributed by atoms with Gasteiger partial charge in [0.05, 0.1) is 22.8 Å². The number of carbonyl (C=O) groups excluding carboxylic acids is 1. The normalized spacial score (nSPS) is 11.0. The highest BCUT2D eigenvalue weighted by Crippen LogP contribution is 2.30. The standard InChI is InChI=1S/C20H18N2O4S/c23-16-26-14-18-13-20(11-12-21-18)22(19-9-5-2-6-10-19)27(24,25)15-17-7-3-1-4-8-17/h1-13,16H,14-15H2. The van der Waals surface area contributed by atoms with Gasteiger partial charge in [-0.3, -0.25) is 9.78 Å². The fraction of sp³-hybridized carbons (Fsp3) is 0.100. The summed E-state index contributed by atoms with van der Waals surface area (Å²) < 4.78 is 32.5. The van der Waals surface area contributed by atoms with E-state index in [4.69, 9.17) is 4.74 Å². The lowest BCUT2D eigenvalue weighted by Gasteiger charge is -2.25. The number of carbonyl (C=O) groups is 1. The van der Waals surface area contributed by atoms with Crippen molar-refractivity contribution in [3.05, 3.63) is 90.3 Å². The third kappa shape index (κ3) is 4.71. The number of anilines is 2. The van der Waals surface area contributed by atoms with Crippen molar-refractivity contribution in [3.63, 3.8) is 0 Å². The Labute approximate surface area is 158 Å². The molecule has 3 aromatic rings. The second-order valence-corrected chi connectivity index (χ2v) is 7.57. The molecular weight excluding hydrogens is 364 g/mol. The Kier molecular flexibility index (Phi) is 5.83. The van der Waals surface area contributed by atoms with Crippen LogP contribution in [-0.2, 0) is 31.9 Å². The molecule has 0 unspecified atom stereocenters. The molecular formula is C20H18N2O4S. The first-order chi connectivity index (χ1) is 13.1. The van der Waals surface area contributed by atoms with E-state index >= 15 is 0 Å². The number of hydrogen-bond donors (Lipinski definition) is 0. The number of nitrogens with zero attached hydrogens (tertiary/aromatic N) is 2. The highest BCUT2D eigenvalue weighted by molar-refractivity contribution is 7.92. The Hall–Kier alpha value is -3.19. The molecule has 6 nitrogen and oxygen atoms in total. The third-order valence-corrected chi connectivity index (χ3v) is 5.47. The van der Waals surface area contributed by atoms with Crippen molar-refractivity contribution in [2.75, 3.05) is 4.31 Å². The van der Waals surface area contributed by atoms with E-state index < -0.39 is 10.0 Å². The summed E-state index contributed by atoms with van der Waals surface area (Å²) in [5.74, 6) is -0.148. The number of pyridine rings is 1.